The van der Waals surface area contributed by atoms with E-state index in [1.807, 2.05) is 6.07 Å². The third kappa shape index (κ3) is 6.56. The van der Waals surface area contributed by atoms with Gasteiger partial charge in [0.15, 0.2) is 0 Å². The number of nitrogens with zero attached hydrogens (tertiary/aromatic N) is 3. The van der Waals surface area contributed by atoms with Crippen molar-refractivity contribution in [2.75, 3.05) is 25.6 Å². The standard InChI is InChI=1S/C21H22FN5O3S/c1-30-10-9-27(21(29)26-17-7-3-2-6-16(17)22)13-19-25-18(14-31-19)20(28)24-12-15-5-4-8-23-11-15/h2-8,11,14H,9-10,12-13H2,1H3,(H,24,28)(H,26,29). The predicted octanol–water partition coefficient (Wildman–Crippen LogP) is 3.29. The molecule has 0 unspecified atom stereocenters. The second kappa shape index (κ2) is 11.1. The molecule has 10 heteroatoms. The minimum Gasteiger partial charge on any atom is -0.383 e. The van der Waals surface area contributed by atoms with Crippen LogP contribution in [0.15, 0.2) is 54.2 Å². The fraction of sp³-hybridized carbons (Fsp3) is 0.238. The Hall–Kier alpha value is -3.37. The molecule has 162 valence electrons. The summed E-state index contributed by atoms with van der Waals surface area (Å²) in [7, 11) is 1.53. The van der Waals surface area contributed by atoms with Crippen molar-refractivity contribution >= 4 is 29.0 Å². The van der Waals surface area contributed by atoms with Gasteiger partial charge in [-0.1, -0.05) is 18.2 Å². The molecule has 0 aliphatic rings. The molecule has 1 aromatic carbocycles. The van der Waals surface area contributed by atoms with E-state index in [1.54, 1.807) is 36.0 Å². The van der Waals surface area contributed by atoms with Gasteiger partial charge in [0.25, 0.3) is 5.91 Å². The van der Waals surface area contributed by atoms with Crippen LogP contribution in [0.2, 0.25) is 0 Å². The minimum absolute atomic E-state index is 0.0875. The molecule has 0 saturated carbocycles. The molecule has 8 nitrogen and oxygen atoms in total. The zero-order valence-corrected chi connectivity index (χ0v) is 17.7. The topological polar surface area (TPSA) is 96.4 Å². The second-order valence-corrected chi connectivity index (χ2v) is 7.44. The normalized spacial score (nSPS) is 10.5. The van der Waals surface area contributed by atoms with Gasteiger partial charge in [-0.05, 0) is 23.8 Å². The van der Waals surface area contributed by atoms with Gasteiger partial charge >= 0.3 is 6.03 Å². The molecule has 0 atom stereocenters. The van der Waals surface area contributed by atoms with Crippen LogP contribution in [-0.4, -0.2) is 47.1 Å². The number of rotatable bonds is 9. The van der Waals surface area contributed by atoms with Crippen LogP contribution in [0.5, 0.6) is 0 Å². The number of hydrogen-bond acceptors (Lipinski definition) is 6. The van der Waals surface area contributed by atoms with Gasteiger partial charge in [0.1, 0.15) is 16.5 Å². The Kier molecular flexibility index (Phi) is 8.02. The molecule has 0 aliphatic carbocycles. The lowest BCUT2D eigenvalue weighted by Gasteiger charge is -2.22. The monoisotopic (exact) mass is 443 g/mol. The summed E-state index contributed by atoms with van der Waals surface area (Å²) in [5, 5.41) is 7.56. The Labute approximate surface area is 183 Å². The highest BCUT2D eigenvalue weighted by atomic mass is 32.1. The number of nitrogens with one attached hydrogen (secondary N) is 2. The molecule has 0 spiro atoms. The van der Waals surface area contributed by atoms with Crippen molar-refractivity contribution in [1.82, 2.24) is 20.2 Å². The van der Waals surface area contributed by atoms with Gasteiger partial charge < -0.3 is 20.3 Å². The number of pyridine rings is 1. The number of ether oxygens (including phenoxy) is 1. The Morgan fingerprint density at radius 3 is 2.81 bits per heavy atom. The lowest BCUT2D eigenvalue weighted by Crippen LogP contribution is -2.37. The molecule has 0 fully saturated rings. The number of urea groups is 1. The van der Waals surface area contributed by atoms with E-state index in [0.717, 1.165) is 5.56 Å². The molecule has 3 rings (SSSR count). The summed E-state index contributed by atoms with van der Waals surface area (Å²) in [4.78, 5) is 34.8. The molecule has 0 bridgehead atoms. The van der Waals surface area contributed by atoms with Gasteiger partial charge in [0.2, 0.25) is 0 Å². The molecule has 2 heterocycles. The maximum atomic E-state index is 13.9. The van der Waals surface area contributed by atoms with Gasteiger partial charge in [-0.2, -0.15) is 0 Å². The number of thiazole rings is 1. The molecule has 2 aromatic heterocycles. The van der Waals surface area contributed by atoms with Crippen molar-refractivity contribution in [3.8, 4) is 0 Å². The quantitative estimate of drug-likeness (QED) is 0.529. The zero-order chi connectivity index (χ0) is 22.1. The molecule has 0 radical (unpaired) electrons. The number of methoxy groups -OCH3 is 1. The highest BCUT2D eigenvalue weighted by Gasteiger charge is 2.18. The maximum Gasteiger partial charge on any atom is 0.322 e. The van der Waals surface area contributed by atoms with Gasteiger partial charge in [-0.3, -0.25) is 9.78 Å². The summed E-state index contributed by atoms with van der Waals surface area (Å²) in [6, 6.07) is 9.10. The van der Waals surface area contributed by atoms with Crippen molar-refractivity contribution in [3.63, 3.8) is 0 Å². The molecule has 2 N–H and O–H groups in total. The average molecular weight is 444 g/mol. The summed E-state index contributed by atoms with van der Waals surface area (Å²) in [5.41, 5.74) is 1.23. The van der Waals surface area contributed by atoms with Crippen LogP contribution >= 0.6 is 11.3 Å². The molecule has 0 saturated heterocycles. The minimum atomic E-state index is -0.524. The van der Waals surface area contributed by atoms with E-state index in [-0.39, 0.29) is 30.4 Å². The van der Waals surface area contributed by atoms with Crippen molar-refractivity contribution < 1.29 is 18.7 Å². The highest BCUT2D eigenvalue weighted by Crippen LogP contribution is 2.16. The Bertz CT molecular complexity index is 1020. The van der Waals surface area contributed by atoms with Crippen molar-refractivity contribution in [3.05, 3.63) is 76.3 Å². The van der Waals surface area contributed by atoms with Gasteiger partial charge in [-0.25, -0.2) is 14.2 Å². The zero-order valence-electron chi connectivity index (χ0n) is 16.9. The van der Waals surface area contributed by atoms with E-state index in [9.17, 15) is 14.0 Å². The lowest BCUT2D eigenvalue weighted by molar-refractivity contribution is 0.0946. The smallest absolute Gasteiger partial charge is 0.322 e. The first-order chi connectivity index (χ1) is 15.1. The van der Waals surface area contributed by atoms with Crippen molar-refractivity contribution in [2.45, 2.75) is 13.1 Å². The van der Waals surface area contributed by atoms with E-state index in [2.05, 4.69) is 20.6 Å². The van der Waals surface area contributed by atoms with E-state index in [1.165, 1.54) is 35.5 Å². The number of anilines is 1. The van der Waals surface area contributed by atoms with Crippen molar-refractivity contribution in [2.24, 2.45) is 0 Å². The molecule has 3 amide bonds. The number of carbonyl (C=O) groups is 2. The predicted molar refractivity (Wildman–Crippen MR) is 115 cm³/mol. The SMILES string of the molecule is COCCN(Cc1nc(C(=O)NCc2cccnc2)cs1)C(=O)Nc1ccccc1F. The summed E-state index contributed by atoms with van der Waals surface area (Å²) in [6.45, 7) is 1.07. The Morgan fingerprint density at radius 2 is 2.06 bits per heavy atom. The molecule has 31 heavy (non-hydrogen) atoms. The largest absolute Gasteiger partial charge is 0.383 e. The average Bonchev–Trinajstić information content (AvgIpc) is 3.26. The number of halogens is 1. The van der Waals surface area contributed by atoms with Crippen molar-refractivity contribution in [1.29, 1.82) is 0 Å². The number of aromatic nitrogens is 2. The fourth-order valence-electron chi connectivity index (χ4n) is 2.64. The number of carbonyl (C=O) groups excluding carboxylic acids is 2. The summed E-state index contributed by atoms with van der Waals surface area (Å²) < 4.78 is 18.9. The Balaban J connectivity index is 1.62. The van der Waals surface area contributed by atoms with Gasteiger partial charge in [-0.15, -0.1) is 11.3 Å². The summed E-state index contributed by atoms with van der Waals surface area (Å²) >= 11 is 1.27. The molecular formula is C21H22FN5O3S. The molecule has 0 aliphatic heterocycles. The number of amides is 3. The first-order valence-corrected chi connectivity index (χ1v) is 10.4. The third-order valence-electron chi connectivity index (χ3n) is 4.25. The first-order valence-electron chi connectivity index (χ1n) is 9.47. The lowest BCUT2D eigenvalue weighted by atomic mass is 10.3. The number of benzene rings is 1. The second-order valence-electron chi connectivity index (χ2n) is 6.49. The molecule has 3 aromatic rings. The third-order valence-corrected chi connectivity index (χ3v) is 5.09. The maximum absolute atomic E-state index is 13.9. The van der Waals surface area contributed by atoms with E-state index in [4.69, 9.17) is 4.74 Å². The summed E-state index contributed by atoms with van der Waals surface area (Å²) in [6.07, 6.45) is 3.34. The van der Waals surface area contributed by atoms with Crippen LogP contribution in [0.25, 0.3) is 0 Å². The van der Waals surface area contributed by atoms with Crippen LogP contribution in [0.1, 0.15) is 21.1 Å². The van der Waals surface area contributed by atoms with E-state index in [0.29, 0.717) is 18.2 Å². The summed E-state index contributed by atoms with van der Waals surface area (Å²) in [5.74, 6) is -0.838. The fourth-order valence-corrected chi connectivity index (χ4v) is 3.43. The number of para-hydroxylation sites is 1. The van der Waals surface area contributed by atoms with Gasteiger partial charge in [0.05, 0.1) is 18.8 Å². The molecular weight excluding hydrogens is 421 g/mol. The van der Waals surface area contributed by atoms with Crippen LogP contribution < -0.4 is 10.6 Å². The van der Waals surface area contributed by atoms with Crippen LogP contribution in [0.3, 0.4) is 0 Å². The van der Waals surface area contributed by atoms with Gasteiger partial charge in [0, 0.05) is 38.0 Å². The van der Waals surface area contributed by atoms with Crippen LogP contribution in [0.4, 0.5) is 14.9 Å². The van der Waals surface area contributed by atoms with Crippen LogP contribution in [-0.2, 0) is 17.8 Å². The van der Waals surface area contributed by atoms with Crippen LogP contribution in [0, 0.1) is 5.82 Å². The van der Waals surface area contributed by atoms with E-state index < -0.39 is 11.8 Å². The highest BCUT2D eigenvalue weighted by molar-refractivity contribution is 7.09. The van der Waals surface area contributed by atoms with E-state index >= 15 is 0 Å². The first kappa shape index (κ1) is 22.3. The Morgan fingerprint density at radius 1 is 1.23 bits per heavy atom. The number of hydrogen-bond donors (Lipinski definition) is 2.